The predicted molar refractivity (Wildman–Crippen MR) is 101 cm³/mol. The zero-order valence-electron chi connectivity index (χ0n) is 14.9. The Morgan fingerprint density at radius 3 is 2.65 bits per heavy atom. The molecule has 0 aliphatic rings. The average Bonchev–Trinajstić information content (AvgIpc) is 2.66. The molecule has 0 amide bonds. The number of anilines is 3. The van der Waals surface area contributed by atoms with E-state index in [4.69, 9.17) is 5.73 Å². The number of hydrogen-bond donors (Lipinski definition) is 2. The number of nitrogens with one attached hydrogen (secondary N) is 1. The van der Waals surface area contributed by atoms with Crippen molar-refractivity contribution < 1.29 is 0 Å². The van der Waals surface area contributed by atoms with Gasteiger partial charge in [0.25, 0.3) is 0 Å². The van der Waals surface area contributed by atoms with Crippen molar-refractivity contribution in [3.63, 3.8) is 0 Å². The second kappa shape index (κ2) is 8.30. The highest BCUT2D eigenvalue weighted by Gasteiger charge is 2.17. The molecule has 3 rings (SSSR count). The van der Waals surface area contributed by atoms with Crippen LogP contribution in [0.5, 0.6) is 0 Å². The van der Waals surface area contributed by atoms with Crippen LogP contribution in [0.25, 0.3) is 0 Å². The van der Waals surface area contributed by atoms with E-state index in [1.165, 1.54) is 0 Å². The third-order valence-electron chi connectivity index (χ3n) is 4.07. The Bertz CT molecular complexity index is 825. The molecule has 0 fully saturated rings. The molecule has 3 N–H and O–H groups in total. The van der Waals surface area contributed by atoms with E-state index in [9.17, 15) is 0 Å². The largest absolute Gasteiger partial charge is 0.368 e. The van der Waals surface area contributed by atoms with E-state index in [-0.39, 0.29) is 12.0 Å². The minimum absolute atomic E-state index is 0.0201. The third-order valence-corrected chi connectivity index (χ3v) is 4.07. The van der Waals surface area contributed by atoms with Crippen LogP contribution in [0.2, 0.25) is 0 Å². The number of hydrogen-bond acceptors (Lipinski definition) is 8. The molecule has 3 aromatic rings. The number of nitrogen functional groups attached to an aromatic ring is 1. The van der Waals surface area contributed by atoms with Crippen molar-refractivity contribution in [2.75, 3.05) is 24.6 Å². The van der Waals surface area contributed by atoms with Crippen molar-refractivity contribution in [3.8, 4) is 0 Å². The van der Waals surface area contributed by atoms with Crippen molar-refractivity contribution in [3.05, 3.63) is 60.4 Å². The van der Waals surface area contributed by atoms with Crippen LogP contribution in [0.1, 0.15) is 24.5 Å². The summed E-state index contributed by atoms with van der Waals surface area (Å²) in [6, 6.07) is 9.69. The lowest BCUT2D eigenvalue weighted by Gasteiger charge is -2.23. The predicted octanol–water partition coefficient (Wildman–Crippen LogP) is 2.22. The van der Waals surface area contributed by atoms with Gasteiger partial charge in [-0.25, -0.2) is 0 Å². The topological polar surface area (TPSA) is 106 Å². The molecule has 1 atom stereocenters. The Kier molecular flexibility index (Phi) is 5.65. The Morgan fingerprint density at radius 1 is 1.12 bits per heavy atom. The molecule has 2 aromatic heterocycles. The molecule has 0 unspecified atom stereocenters. The first-order chi connectivity index (χ1) is 12.6. The van der Waals surface area contributed by atoms with Gasteiger partial charge in [0.15, 0.2) is 5.82 Å². The molecule has 0 saturated carbocycles. The zero-order chi connectivity index (χ0) is 18.4. The van der Waals surface area contributed by atoms with Crippen molar-refractivity contribution in [2.45, 2.75) is 19.4 Å². The Hall–Kier alpha value is -3.13. The maximum absolute atomic E-state index is 5.88. The smallest absolute Gasteiger partial charge is 0.232 e. The van der Waals surface area contributed by atoms with Crippen LogP contribution in [0.4, 0.5) is 17.6 Å². The fourth-order valence-corrected chi connectivity index (χ4v) is 2.44. The Morgan fingerprint density at radius 2 is 1.92 bits per heavy atom. The third kappa shape index (κ3) is 4.70. The summed E-state index contributed by atoms with van der Waals surface area (Å²) in [4.78, 5) is 23.5. The first-order valence-corrected chi connectivity index (χ1v) is 8.40. The number of benzene rings is 1. The average molecular weight is 350 g/mol. The molecule has 2 heterocycles. The summed E-state index contributed by atoms with van der Waals surface area (Å²) in [5, 5.41) is 3.16. The number of aromatic nitrogens is 5. The van der Waals surface area contributed by atoms with Gasteiger partial charge in [-0.15, -0.1) is 0 Å². The van der Waals surface area contributed by atoms with Crippen molar-refractivity contribution in [1.29, 1.82) is 0 Å². The number of rotatable bonds is 7. The van der Waals surface area contributed by atoms with Crippen LogP contribution < -0.4 is 11.1 Å². The SMILES string of the molecule is C[C@H](c1nc(N)nc(Nc2ccccc2)n1)N(C)CCc1cnccn1. The fourth-order valence-electron chi connectivity index (χ4n) is 2.44. The lowest BCUT2D eigenvalue weighted by molar-refractivity contribution is 0.254. The van der Waals surface area contributed by atoms with E-state index < -0.39 is 0 Å². The van der Waals surface area contributed by atoms with Crippen molar-refractivity contribution >= 4 is 17.6 Å². The molecule has 0 aliphatic carbocycles. The van der Waals surface area contributed by atoms with E-state index in [2.05, 4.69) is 35.1 Å². The van der Waals surface area contributed by atoms with Crippen LogP contribution in [0.15, 0.2) is 48.9 Å². The molecule has 0 saturated heterocycles. The second-order valence-electron chi connectivity index (χ2n) is 5.97. The standard InChI is InChI=1S/C18H22N8/c1-13(26(2)11-8-15-12-20-9-10-21-15)16-23-17(19)25-18(24-16)22-14-6-4-3-5-7-14/h3-7,9-10,12-13H,8,11H2,1-2H3,(H3,19,22,23,24,25)/t13-/m1/s1. The lowest BCUT2D eigenvalue weighted by Crippen LogP contribution is -2.27. The van der Waals surface area contributed by atoms with Gasteiger partial charge in [-0.05, 0) is 26.1 Å². The minimum atomic E-state index is -0.0201. The van der Waals surface area contributed by atoms with E-state index in [0.717, 1.165) is 24.3 Å². The van der Waals surface area contributed by atoms with E-state index >= 15 is 0 Å². The molecule has 1 aromatic carbocycles. The van der Waals surface area contributed by atoms with Crippen LogP contribution in [0, 0.1) is 0 Å². The molecule has 26 heavy (non-hydrogen) atoms. The van der Waals surface area contributed by atoms with E-state index in [0.29, 0.717) is 11.8 Å². The van der Waals surface area contributed by atoms with Gasteiger partial charge in [0, 0.05) is 37.2 Å². The first-order valence-electron chi connectivity index (χ1n) is 8.40. The van der Waals surface area contributed by atoms with Gasteiger partial charge < -0.3 is 11.1 Å². The molecule has 8 nitrogen and oxygen atoms in total. The fraction of sp³-hybridized carbons (Fsp3) is 0.278. The summed E-state index contributed by atoms with van der Waals surface area (Å²) in [6.07, 6.45) is 5.95. The normalized spacial score (nSPS) is 12.1. The van der Waals surface area contributed by atoms with Gasteiger partial charge in [0.05, 0.1) is 11.7 Å². The molecule has 0 spiro atoms. The molecule has 0 bridgehead atoms. The number of likely N-dealkylation sites (N-methyl/N-ethyl adjacent to an activating group) is 1. The molecule has 0 radical (unpaired) electrons. The quantitative estimate of drug-likeness (QED) is 0.668. The molecule has 134 valence electrons. The molecule has 8 heteroatoms. The molecule has 0 aliphatic heterocycles. The zero-order valence-corrected chi connectivity index (χ0v) is 14.9. The second-order valence-corrected chi connectivity index (χ2v) is 5.97. The molecular formula is C18H22N8. The monoisotopic (exact) mass is 350 g/mol. The summed E-state index contributed by atoms with van der Waals surface area (Å²) in [6.45, 7) is 2.84. The van der Waals surface area contributed by atoms with Gasteiger partial charge in [-0.2, -0.15) is 15.0 Å². The van der Waals surface area contributed by atoms with Crippen LogP contribution in [0.3, 0.4) is 0 Å². The first kappa shape index (κ1) is 17.7. The van der Waals surface area contributed by atoms with Gasteiger partial charge in [0.1, 0.15) is 0 Å². The molecular weight excluding hydrogens is 328 g/mol. The van der Waals surface area contributed by atoms with E-state index in [1.54, 1.807) is 18.6 Å². The van der Waals surface area contributed by atoms with Crippen LogP contribution >= 0.6 is 0 Å². The van der Waals surface area contributed by atoms with Crippen molar-refractivity contribution in [1.82, 2.24) is 29.8 Å². The Balaban J connectivity index is 1.69. The highest BCUT2D eigenvalue weighted by molar-refractivity contribution is 5.53. The maximum Gasteiger partial charge on any atom is 0.232 e. The van der Waals surface area contributed by atoms with Gasteiger partial charge in [-0.3, -0.25) is 14.9 Å². The number of para-hydroxylation sites is 1. The summed E-state index contributed by atoms with van der Waals surface area (Å²) in [5.41, 5.74) is 7.73. The highest BCUT2D eigenvalue weighted by Crippen LogP contribution is 2.19. The summed E-state index contributed by atoms with van der Waals surface area (Å²) < 4.78 is 0. The van der Waals surface area contributed by atoms with Crippen molar-refractivity contribution in [2.24, 2.45) is 0 Å². The van der Waals surface area contributed by atoms with Gasteiger partial charge >= 0.3 is 0 Å². The summed E-state index contributed by atoms with van der Waals surface area (Å²) >= 11 is 0. The summed E-state index contributed by atoms with van der Waals surface area (Å²) in [7, 11) is 2.02. The minimum Gasteiger partial charge on any atom is -0.368 e. The maximum atomic E-state index is 5.88. The highest BCUT2D eigenvalue weighted by atomic mass is 15.2. The lowest BCUT2D eigenvalue weighted by atomic mass is 10.2. The van der Waals surface area contributed by atoms with E-state index in [1.807, 2.05) is 44.3 Å². The Labute approximate surface area is 152 Å². The number of nitrogens with zero attached hydrogens (tertiary/aromatic N) is 6. The van der Waals surface area contributed by atoms with Gasteiger partial charge in [0.2, 0.25) is 11.9 Å². The van der Waals surface area contributed by atoms with Crippen LogP contribution in [-0.2, 0) is 6.42 Å². The van der Waals surface area contributed by atoms with Crippen LogP contribution in [-0.4, -0.2) is 43.4 Å². The summed E-state index contributed by atoms with van der Waals surface area (Å²) in [5.74, 6) is 1.26. The van der Waals surface area contributed by atoms with Gasteiger partial charge in [-0.1, -0.05) is 18.2 Å². The number of nitrogens with two attached hydrogens (primary N) is 1.